The largest absolute Gasteiger partial charge is 0.330 e. The van der Waals surface area contributed by atoms with Crippen LogP contribution in [0.1, 0.15) is 52.4 Å². The highest BCUT2D eigenvalue weighted by molar-refractivity contribution is 5.06. The minimum atomic E-state index is -0.557. The molecular weight excluding hydrogens is 277 g/mol. The van der Waals surface area contributed by atoms with Crippen molar-refractivity contribution in [1.29, 1.82) is 0 Å². The summed E-state index contributed by atoms with van der Waals surface area (Å²) in [4.78, 5) is 2.61. The molecule has 1 saturated heterocycles. The van der Waals surface area contributed by atoms with Gasteiger partial charge in [0.1, 0.15) is 6.17 Å². The lowest BCUT2D eigenvalue weighted by Crippen LogP contribution is -2.55. The van der Waals surface area contributed by atoms with E-state index in [4.69, 9.17) is 11.5 Å². The summed E-state index contributed by atoms with van der Waals surface area (Å²) in [6.07, 6.45) is 5.48. The highest BCUT2D eigenvalue weighted by atomic mass is 19.1. The molecule has 0 aromatic carbocycles. The Morgan fingerprint density at radius 3 is 2.36 bits per heavy atom. The number of nitrogens with zero attached hydrogens (tertiary/aromatic N) is 1. The Labute approximate surface area is 135 Å². The zero-order valence-corrected chi connectivity index (χ0v) is 14.3. The summed E-state index contributed by atoms with van der Waals surface area (Å²) in [5.74, 6) is 2.63. The van der Waals surface area contributed by atoms with Gasteiger partial charge in [0, 0.05) is 24.7 Å². The van der Waals surface area contributed by atoms with Crippen molar-refractivity contribution in [3.05, 3.63) is 0 Å². The Kier molecular flexibility index (Phi) is 5.10. The summed E-state index contributed by atoms with van der Waals surface area (Å²) in [7, 11) is 0. The topological polar surface area (TPSA) is 55.3 Å². The van der Waals surface area contributed by atoms with E-state index >= 15 is 0 Å². The lowest BCUT2D eigenvalue weighted by Gasteiger charge is -2.47. The highest BCUT2D eigenvalue weighted by Gasteiger charge is 2.52. The lowest BCUT2D eigenvalue weighted by atomic mass is 9.62. The molecule has 2 saturated carbocycles. The van der Waals surface area contributed by atoms with Gasteiger partial charge in [-0.25, -0.2) is 4.39 Å². The summed E-state index contributed by atoms with van der Waals surface area (Å²) in [6.45, 7) is 6.43. The first kappa shape index (κ1) is 16.7. The number of nitrogens with two attached hydrogens (primary N) is 2. The van der Waals surface area contributed by atoms with Gasteiger partial charge in [-0.3, -0.25) is 4.90 Å². The average Bonchev–Trinajstić information content (AvgIpc) is 2.90. The van der Waals surface area contributed by atoms with Crippen molar-refractivity contribution in [2.24, 2.45) is 35.1 Å². The maximum absolute atomic E-state index is 13.5. The van der Waals surface area contributed by atoms with Crippen LogP contribution in [0.25, 0.3) is 0 Å². The second-order valence-corrected chi connectivity index (χ2v) is 8.27. The van der Waals surface area contributed by atoms with Crippen LogP contribution in [-0.2, 0) is 0 Å². The highest BCUT2D eigenvalue weighted by Crippen LogP contribution is 2.49. The number of fused-ring (bicyclic) bond motifs is 1. The van der Waals surface area contributed by atoms with Gasteiger partial charge in [0.05, 0.1) is 0 Å². The molecule has 5 atom stereocenters. The van der Waals surface area contributed by atoms with Gasteiger partial charge < -0.3 is 11.5 Å². The number of likely N-dealkylation sites (tertiary alicyclic amines) is 1. The average molecular weight is 311 g/mol. The molecule has 3 rings (SSSR count). The van der Waals surface area contributed by atoms with Crippen LogP contribution in [0.3, 0.4) is 0 Å². The zero-order valence-electron chi connectivity index (χ0n) is 14.3. The minimum Gasteiger partial charge on any atom is -0.330 e. The van der Waals surface area contributed by atoms with E-state index < -0.39 is 6.17 Å². The Hall–Kier alpha value is -0.190. The number of rotatable bonds is 3. The van der Waals surface area contributed by atoms with E-state index in [9.17, 15) is 4.39 Å². The third kappa shape index (κ3) is 2.94. The maximum atomic E-state index is 13.5. The van der Waals surface area contributed by atoms with Gasteiger partial charge in [-0.2, -0.15) is 0 Å². The van der Waals surface area contributed by atoms with Gasteiger partial charge in [-0.1, -0.05) is 0 Å². The molecule has 128 valence electrons. The molecule has 22 heavy (non-hydrogen) atoms. The molecule has 2 aliphatic carbocycles. The first-order chi connectivity index (χ1) is 10.5. The molecule has 1 aliphatic heterocycles. The third-order valence-electron chi connectivity index (χ3n) is 6.81. The van der Waals surface area contributed by atoms with Crippen LogP contribution in [0.5, 0.6) is 0 Å². The normalized spacial score (nSPS) is 46.9. The number of hydrogen-bond acceptors (Lipinski definition) is 3. The van der Waals surface area contributed by atoms with E-state index in [0.29, 0.717) is 29.8 Å². The fraction of sp³-hybridized carbons (Fsp3) is 1.00. The molecule has 3 fully saturated rings. The van der Waals surface area contributed by atoms with Crippen LogP contribution in [0.2, 0.25) is 0 Å². The van der Waals surface area contributed by atoms with E-state index in [0.717, 1.165) is 51.1 Å². The fourth-order valence-electron chi connectivity index (χ4n) is 5.74. The SMILES string of the molecule is CC(C)N1CC(CN)C2C(C3CCC(F)CC3)CCC(N)C21. The molecule has 1 heterocycles. The minimum absolute atomic E-state index is 0.290. The molecule has 3 aliphatic rings. The Balaban J connectivity index is 1.80. The number of hydrogen-bond donors (Lipinski definition) is 2. The predicted octanol–water partition coefficient (Wildman–Crippen LogP) is 2.54. The van der Waals surface area contributed by atoms with Crippen molar-refractivity contribution in [2.75, 3.05) is 13.1 Å². The van der Waals surface area contributed by atoms with Crippen molar-refractivity contribution >= 4 is 0 Å². The molecule has 0 aromatic heterocycles. The van der Waals surface area contributed by atoms with Crippen LogP contribution in [0, 0.1) is 23.7 Å². The first-order valence-electron chi connectivity index (χ1n) is 9.38. The van der Waals surface area contributed by atoms with Crippen molar-refractivity contribution in [3.8, 4) is 0 Å². The molecule has 0 radical (unpaired) electrons. The predicted molar refractivity (Wildman–Crippen MR) is 89.2 cm³/mol. The lowest BCUT2D eigenvalue weighted by molar-refractivity contribution is 0.0404. The van der Waals surface area contributed by atoms with E-state index in [-0.39, 0.29) is 6.04 Å². The molecular formula is C18H34FN3. The maximum Gasteiger partial charge on any atom is 0.100 e. The third-order valence-corrected chi connectivity index (χ3v) is 6.81. The smallest absolute Gasteiger partial charge is 0.100 e. The second-order valence-electron chi connectivity index (χ2n) is 8.27. The molecule has 0 bridgehead atoms. The molecule has 3 nitrogen and oxygen atoms in total. The van der Waals surface area contributed by atoms with E-state index in [1.807, 2.05) is 0 Å². The second kappa shape index (κ2) is 6.74. The van der Waals surface area contributed by atoms with Gasteiger partial charge in [-0.15, -0.1) is 0 Å². The molecule has 0 amide bonds. The van der Waals surface area contributed by atoms with Crippen LogP contribution < -0.4 is 11.5 Å². The van der Waals surface area contributed by atoms with Gasteiger partial charge >= 0.3 is 0 Å². The van der Waals surface area contributed by atoms with Crippen molar-refractivity contribution < 1.29 is 4.39 Å². The monoisotopic (exact) mass is 311 g/mol. The van der Waals surface area contributed by atoms with Gasteiger partial charge in [0.15, 0.2) is 0 Å². The zero-order chi connectivity index (χ0) is 15.9. The van der Waals surface area contributed by atoms with Crippen LogP contribution >= 0.6 is 0 Å². The fourth-order valence-corrected chi connectivity index (χ4v) is 5.74. The van der Waals surface area contributed by atoms with Crippen molar-refractivity contribution in [3.63, 3.8) is 0 Å². The van der Waals surface area contributed by atoms with Crippen LogP contribution in [0.15, 0.2) is 0 Å². The molecule has 0 aromatic rings. The first-order valence-corrected chi connectivity index (χ1v) is 9.38. The number of halogens is 1. The summed E-state index contributed by atoms with van der Waals surface area (Å²) in [5.41, 5.74) is 12.7. The van der Waals surface area contributed by atoms with Crippen LogP contribution in [-0.4, -0.2) is 42.3 Å². The summed E-state index contributed by atoms with van der Waals surface area (Å²) < 4.78 is 13.5. The van der Waals surface area contributed by atoms with Gasteiger partial charge in [-0.05, 0) is 82.6 Å². The van der Waals surface area contributed by atoms with E-state index in [2.05, 4.69) is 18.7 Å². The van der Waals surface area contributed by atoms with Gasteiger partial charge in [0.2, 0.25) is 0 Å². The molecule has 4 N–H and O–H groups in total. The van der Waals surface area contributed by atoms with Gasteiger partial charge in [0.25, 0.3) is 0 Å². The Bertz CT molecular complexity index is 367. The quantitative estimate of drug-likeness (QED) is 0.842. The van der Waals surface area contributed by atoms with E-state index in [1.54, 1.807) is 0 Å². The standard InChI is InChI=1S/C18H34FN3/c1-11(2)22-10-13(9-20)17-15(7-8-16(21)18(17)22)12-3-5-14(19)6-4-12/h11-18H,3-10,20-21H2,1-2H3. The Morgan fingerprint density at radius 1 is 1.09 bits per heavy atom. The summed E-state index contributed by atoms with van der Waals surface area (Å²) in [5, 5.41) is 0. The van der Waals surface area contributed by atoms with Crippen LogP contribution in [0.4, 0.5) is 4.39 Å². The molecule has 4 heteroatoms. The van der Waals surface area contributed by atoms with Crippen molar-refractivity contribution in [2.45, 2.75) is 76.7 Å². The molecule has 0 spiro atoms. The van der Waals surface area contributed by atoms with Crippen molar-refractivity contribution in [1.82, 2.24) is 4.90 Å². The van der Waals surface area contributed by atoms with E-state index in [1.165, 1.54) is 6.42 Å². The summed E-state index contributed by atoms with van der Waals surface area (Å²) in [6, 6.07) is 1.32. The number of alkyl halides is 1. The summed E-state index contributed by atoms with van der Waals surface area (Å²) >= 11 is 0. The Morgan fingerprint density at radius 2 is 1.77 bits per heavy atom. The molecule has 5 unspecified atom stereocenters.